The highest BCUT2D eigenvalue weighted by Crippen LogP contribution is 2.41. The number of carbonyl (C=O) groups is 1. The molecule has 1 aromatic carbocycles. The zero-order chi connectivity index (χ0) is 18.8. The number of nitrogens with zero attached hydrogens (tertiary/aromatic N) is 1. The van der Waals surface area contributed by atoms with Crippen LogP contribution in [0.1, 0.15) is 17.7 Å². The van der Waals surface area contributed by atoms with Crippen LogP contribution in [0.5, 0.6) is 11.5 Å². The van der Waals surface area contributed by atoms with Crippen molar-refractivity contribution in [1.82, 2.24) is 10.3 Å². The molecule has 1 aromatic heterocycles. The molecule has 0 spiro atoms. The lowest BCUT2D eigenvalue weighted by Crippen LogP contribution is -2.50. The van der Waals surface area contributed by atoms with E-state index >= 15 is 0 Å². The van der Waals surface area contributed by atoms with Gasteiger partial charge in [0.2, 0.25) is 5.91 Å². The van der Waals surface area contributed by atoms with Gasteiger partial charge in [-0.2, -0.15) is 0 Å². The molecular formula is C17H14ClF3N2O3. The summed E-state index contributed by atoms with van der Waals surface area (Å²) in [5.41, 5.74) is -0.0413. The number of amides is 1. The normalized spacial score (nSPS) is 19.2. The Kier molecular flexibility index (Phi) is 4.95. The zero-order valence-electron chi connectivity index (χ0n) is 13.3. The summed E-state index contributed by atoms with van der Waals surface area (Å²) in [7, 11) is 0. The van der Waals surface area contributed by atoms with Crippen molar-refractivity contribution in [2.75, 3.05) is 12.5 Å². The van der Waals surface area contributed by atoms with Gasteiger partial charge in [0.1, 0.15) is 28.6 Å². The molecule has 1 amide bonds. The summed E-state index contributed by atoms with van der Waals surface area (Å²) in [6, 6.07) is 8.70. The molecule has 9 heteroatoms. The van der Waals surface area contributed by atoms with E-state index in [1.54, 1.807) is 18.3 Å². The highest BCUT2D eigenvalue weighted by molar-refractivity contribution is 6.27. The van der Waals surface area contributed by atoms with E-state index < -0.39 is 17.8 Å². The number of hydrogen-bond acceptors (Lipinski definition) is 4. The Morgan fingerprint density at radius 1 is 1.31 bits per heavy atom. The third kappa shape index (κ3) is 3.70. The van der Waals surface area contributed by atoms with Crippen LogP contribution in [-0.2, 0) is 10.3 Å². The lowest BCUT2D eigenvalue weighted by Gasteiger charge is -2.38. The Morgan fingerprint density at radius 2 is 2.04 bits per heavy atom. The van der Waals surface area contributed by atoms with Crippen LogP contribution in [0.4, 0.5) is 13.2 Å². The van der Waals surface area contributed by atoms with Gasteiger partial charge in [0.05, 0.1) is 6.61 Å². The summed E-state index contributed by atoms with van der Waals surface area (Å²) in [6.07, 6.45) is -2.88. The molecular weight excluding hydrogens is 373 g/mol. The molecule has 0 radical (unpaired) electrons. The Balaban J connectivity index is 2.05. The number of benzene rings is 1. The van der Waals surface area contributed by atoms with Gasteiger partial charge in [-0.25, -0.2) is 0 Å². The quantitative estimate of drug-likeness (QED) is 0.818. The predicted octanol–water partition coefficient (Wildman–Crippen LogP) is 3.36. The minimum absolute atomic E-state index is 0.264. The standard InChI is InChI=1S/C17H14ClF3N2O3/c18-10-14(24)23-16(7-9-25-13-2-1-8-22-15(13)16)11-3-5-12(6-4-11)26-17(19,20)21/h1-6,8H,7,9-10H2,(H,23,24)/t16-/m0/s1. The molecule has 2 aromatic rings. The van der Waals surface area contributed by atoms with E-state index in [1.165, 1.54) is 24.3 Å². The van der Waals surface area contributed by atoms with Gasteiger partial charge in [-0.3, -0.25) is 9.78 Å². The van der Waals surface area contributed by atoms with Gasteiger partial charge in [-0.1, -0.05) is 12.1 Å². The van der Waals surface area contributed by atoms with E-state index in [0.29, 0.717) is 30.0 Å². The Hall–Kier alpha value is -2.48. The first-order chi connectivity index (χ1) is 12.3. The van der Waals surface area contributed by atoms with E-state index in [0.717, 1.165) is 0 Å². The third-order valence-electron chi connectivity index (χ3n) is 3.96. The van der Waals surface area contributed by atoms with Gasteiger partial charge in [0.25, 0.3) is 0 Å². The second-order valence-corrected chi connectivity index (χ2v) is 5.88. The molecule has 138 valence electrons. The maximum absolute atomic E-state index is 12.4. The number of alkyl halides is 4. The van der Waals surface area contributed by atoms with Crippen LogP contribution in [0.2, 0.25) is 0 Å². The molecule has 1 aliphatic heterocycles. The van der Waals surface area contributed by atoms with E-state index in [1.807, 2.05) is 0 Å². The molecule has 1 N–H and O–H groups in total. The van der Waals surface area contributed by atoms with Crippen molar-refractivity contribution in [3.63, 3.8) is 0 Å². The fourth-order valence-electron chi connectivity index (χ4n) is 2.95. The second-order valence-electron chi connectivity index (χ2n) is 5.61. The molecule has 3 rings (SSSR count). The Labute approximate surface area is 152 Å². The summed E-state index contributed by atoms with van der Waals surface area (Å²) in [4.78, 5) is 16.4. The monoisotopic (exact) mass is 386 g/mol. The van der Waals surface area contributed by atoms with Crippen molar-refractivity contribution >= 4 is 17.5 Å². The van der Waals surface area contributed by atoms with Crippen molar-refractivity contribution in [2.24, 2.45) is 0 Å². The van der Waals surface area contributed by atoms with Gasteiger partial charge < -0.3 is 14.8 Å². The number of nitrogens with one attached hydrogen (secondary N) is 1. The maximum Gasteiger partial charge on any atom is 0.573 e. The summed E-state index contributed by atoms with van der Waals surface area (Å²) in [6.45, 7) is 0.294. The zero-order valence-corrected chi connectivity index (χ0v) is 14.1. The number of ether oxygens (including phenoxy) is 2. The molecule has 1 atom stereocenters. The second kappa shape index (κ2) is 7.03. The molecule has 0 fully saturated rings. The van der Waals surface area contributed by atoms with Crippen LogP contribution in [0.25, 0.3) is 0 Å². The number of hydrogen-bond donors (Lipinski definition) is 1. The van der Waals surface area contributed by atoms with E-state index in [-0.39, 0.29) is 11.6 Å². The predicted molar refractivity (Wildman–Crippen MR) is 87.1 cm³/mol. The third-order valence-corrected chi connectivity index (χ3v) is 4.21. The van der Waals surface area contributed by atoms with Crippen molar-refractivity contribution in [3.8, 4) is 11.5 Å². The summed E-state index contributed by atoms with van der Waals surface area (Å²) in [5.74, 6) is -0.557. The first-order valence-corrected chi connectivity index (χ1v) is 8.19. The fourth-order valence-corrected chi connectivity index (χ4v) is 3.01. The Morgan fingerprint density at radius 3 is 2.69 bits per heavy atom. The molecule has 0 saturated carbocycles. The SMILES string of the molecule is O=C(CCl)N[C@]1(c2ccc(OC(F)(F)F)cc2)CCOc2cccnc21. The lowest BCUT2D eigenvalue weighted by molar-refractivity contribution is -0.274. The van der Waals surface area contributed by atoms with Crippen LogP contribution in [0, 0.1) is 0 Å². The smallest absolute Gasteiger partial charge is 0.491 e. The van der Waals surface area contributed by atoms with Gasteiger partial charge >= 0.3 is 6.36 Å². The lowest BCUT2D eigenvalue weighted by atomic mass is 9.81. The Bertz CT molecular complexity index is 799. The summed E-state index contributed by atoms with van der Waals surface area (Å²) >= 11 is 5.64. The van der Waals surface area contributed by atoms with Crippen molar-refractivity contribution in [3.05, 3.63) is 53.9 Å². The molecule has 0 aliphatic carbocycles. The van der Waals surface area contributed by atoms with Gasteiger partial charge in [-0.05, 0) is 29.8 Å². The average Bonchev–Trinajstić information content (AvgIpc) is 2.61. The number of rotatable bonds is 4. The molecule has 0 saturated heterocycles. The average molecular weight is 387 g/mol. The minimum Gasteiger partial charge on any atom is -0.491 e. The summed E-state index contributed by atoms with van der Waals surface area (Å²) in [5, 5.41) is 2.85. The first kappa shape index (κ1) is 18.3. The van der Waals surface area contributed by atoms with E-state index in [9.17, 15) is 18.0 Å². The van der Waals surface area contributed by atoms with Gasteiger partial charge in [-0.15, -0.1) is 24.8 Å². The number of fused-ring (bicyclic) bond motifs is 1. The molecule has 26 heavy (non-hydrogen) atoms. The van der Waals surface area contributed by atoms with Gasteiger partial charge in [0, 0.05) is 12.6 Å². The van der Waals surface area contributed by atoms with E-state index in [2.05, 4.69) is 15.0 Å². The molecule has 5 nitrogen and oxygen atoms in total. The maximum atomic E-state index is 12.4. The van der Waals surface area contributed by atoms with Crippen LogP contribution in [0.15, 0.2) is 42.6 Å². The van der Waals surface area contributed by atoms with Crippen molar-refractivity contribution < 1.29 is 27.4 Å². The number of halogens is 4. The van der Waals surface area contributed by atoms with Crippen LogP contribution in [-0.4, -0.2) is 29.7 Å². The minimum atomic E-state index is -4.78. The number of carbonyl (C=O) groups excluding carboxylic acids is 1. The van der Waals surface area contributed by atoms with Crippen LogP contribution < -0.4 is 14.8 Å². The number of aromatic nitrogens is 1. The molecule has 0 bridgehead atoms. The van der Waals surface area contributed by atoms with Crippen molar-refractivity contribution in [1.29, 1.82) is 0 Å². The first-order valence-electron chi connectivity index (χ1n) is 7.66. The molecule has 0 unspecified atom stereocenters. The fraction of sp³-hybridized carbons (Fsp3) is 0.294. The van der Waals surface area contributed by atoms with Crippen molar-refractivity contribution in [2.45, 2.75) is 18.3 Å². The topological polar surface area (TPSA) is 60.5 Å². The number of pyridine rings is 1. The molecule has 2 heterocycles. The van der Waals surface area contributed by atoms with Gasteiger partial charge in [0.15, 0.2) is 0 Å². The summed E-state index contributed by atoms with van der Waals surface area (Å²) < 4.78 is 46.6. The van der Waals surface area contributed by atoms with E-state index in [4.69, 9.17) is 16.3 Å². The molecule has 1 aliphatic rings. The van der Waals surface area contributed by atoms with Crippen LogP contribution in [0.3, 0.4) is 0 Å². The highest BCUT2D eigenvalue weighted by atomic mass is 35.5. The highest BCUT2D eigenvalue weighted by Gasteiger charge is 2.42. The van der Waals surface area contributed by atoms with Crippen LogP contribution >= 0.6 is 11.6 Å². The largest absolute Gasteiger partial charge is 0.573 e.